The molecule has 0 aliphatic rings. The lowest BCUT2D eigenvalue weighted by Crippen LogP contribution is -2.23. The number of nitrogens with one attached hydrogen (secondary N) is 2. The lowest BCUT2D eigenvalue weighted by Gasteiger charge is -2.16. The highest BCUT2D eigenvalue weighted by Gasteiger charge is 2.14. The van der Waals surface area contributed by atoms with Crippen LogP contribution in [0, 0.1) is 5.41 Å². The van der Waals surface area contributed by atoms with Crippen molar-refractivity contribution in [2.24, 2.45) is 0 Å². The molecule has 130 valence electrons. The molecule has 0 spiro atoms. The summed E-state index contributed by atoms with van der Waals surface area (Å²) in [5.74, 6) is 0.124. The van der Waals surface area contributed by atoms with Crippen LogP contribution >= 0.6 is 0 Å². The molecule has 0 aliphatic heterocycles. The Morgan fingerprint density at radius 3 is 2.80 bits per heavy atom. The molecule has 0 amide bonds. The number of ether oxygens (including phenoxy) is 1. The molecule has 1 heterocycles. The van der Waals surface area contributed by atoms with Gasteiger partial charge in [-0.25, -0.2) is 0 Å². The first kappa shape index (κ1) is 18.1. The highest BCUT2D eigenvalue weighted by molar-refractivity contribution is 5.83. The summed E-state index contributed by atoms with van der Waals surface area (Å²) in [6.45, 7) is 4.02. The third-order valence-electron chi connectivity index (χ3n) is 3.25. The van der Waals surface area contributed by atoms with Gasteiger partial charge in [0.1, 0.15) is 29.5 Å². The van der Waals surface area contributed by atoms with E-state index in [1.165, 1.54) is 12.3 Å². The van der Waals surface area contributed by atoms with Gasteiger partial charge in [-0.3, -0.25) is 14.8 Å². The minimum absolute atomic E-state index is 0.0581. The molecular weight excluding hydrogens is 320 g/mol. The Hall–Kier alpha value is -3.22. The number of nitrogens with zero attached hydrogens (tertiary/aromatic N) is 2. The minimum Gasteiger partial charge on any atom is -0.507 e. The Bertz CT molecular complexity index is 788. The van der Waals surface area contributed by atoms with Crippen molar-refractivity contribution >= 4 is 18.2 Å². The highest BCUT2D eigenvalue weighted by Crippen LogP contribution is 2.26. The molecule has 0 saturated heterocycles. The molecule has 0 radical (unpaired) electrons. The predicted molar refractivity (Wildman–Crippen MR) is 94.9 cm³/mol. The fourth-order valence-electron chi connectivity index (χ4n) is 2.21. The molecular formula is C18H20N4O3. The normalized spacial score (nSPS) is 11.2. The van der Waals surface area contributed by atoms with E-state index in [2.05, 4.69) is 15.3 Å². The molecule has 0 atom stereocenters. The van der Waals surface area contributed by atoms with Crippen LogP contribution in [-0.4, -0.2) is 33.6 Å². The van der Waals surface area contributed by atoms with E-state index in [1.807, 2.05) is 13.8 Å². The molecule has 7 nitrogen and oxygen atoms in total. The summed E-state index contributed by atoms with van der Waals surface area (Å²) in [6, 6.07) is 4.76. The van der Waals surface area contributed by atoms with E-state index in [4.69, 9.17) is 10.1 Å². The van der Waals surface area contributed by atoms with Crippen molar-refractivity contribution in [3.63, 3.8) is 0 Å². The third-order valence-corrected chi connectivity index (χ3v) is 3.25. The number of hydrogen-bond acceptors (Lipinski definition) is 7. The van der Waals surface area contributed by atoms with Crippen molar-refractivity contribution in [3.8, 4) is 11.5 Å². The van der Waals surface area contributed by atoms with Gasteiger partial charge >= 0.3 is 0 Å². The smallest absolute Gasteiger partial charge is 0.157 e. The van der Waals surface area contributed by atoms with Crippen LogP contribution in [0.15, 0.2) is 36.7 Å². The lowest BCUT2D eigenvalue weighted by atomic mass is 10.2. The summed E-state index contributed by atoms with van der Waals surface area (Å²) in [5.41, 5.74) is 1.85. The van der Waals surface area contributed by atoms with Gasteiger partial charge in [-0.2, -0.15) is 0 Å². The first-order valence-electron chi connectivity index (χ1n) is 7.74. The maximum absolute atomic E-state index is 11.1. The van der Waals surface area contributed by atoms with Gasteiger partial charge in [0.2, 0.25) is 0 Å². The van der Waals surface area contributed by atoms with E-state index in [0.717, 1.165) is 0 Å². The molecule has 0 saturated carbocycles. The Labute approximate surface area is 145 Å². The predicted octanol–water partition coefficient (Wildman–Crippen LogP) is 2.56. The first-order chi connectivity index (χ1) is 12.1. The SMILES string of the molecule is CC(C)N/C(=C\C=N)c1nccnc1COc1cccc(O)c1C=O. The van der Waals surface area contributed by atoms with Crippen molar-refractivity contribution in [1.29, 1.82) is 5.41 Å². The number of allylic oxidation sites excluding steroid dienone is 1. The summed E-state index contributed by atoms with van der Waals surface area (Å²) in [5, 5.41) is 20.3. The van der Waals surface area contributed by atoms with Gasteiger partial charge in [0.15, 0.2) is 6.29 Å². The van der Waals surface area contributed by atoms with E-state index in [1.54, 1.807) is 30.6 Å². The monoisotopic (exact) mass is 340 g/mol. The maximum Gasteiger partial charge on any atom is 0.157 e. The van der Waals surface area contributed by atoms with E-state index in [9.17, 15) is 9.90 Å². The standard InChI is InChI=1S/C18H20N4O3/c1-12(2)22-14(6-7-19)18-15(20-8-9-21-18)11-25-17-5-3-4-16(24)13(17)10-23/h3-10,12,19,22,24H,11H2,1-2H3/b14-6-,19-7?. The number of carbonyl (C=O) groups is 1. The van der Waals surface area contributed by atoms with Gasteiger partial charge in [-0.1, -0.05) is 6.07 Å². The summed E-state index contributed by atoms with van der Waals surface area (Å²) < 4.78 is 5.66. The zero-order valence-corrected chi connectivity index (χ0v) is 14.1. The molecule has 2 rings (SSSR count). The van der Waals surface area contributed by atoms with Crippen molar-refractivity contribution in [3.05, 3.63) is 53.6 Å². The minimum atomic E-state index is -0.141. The summed E-state index contributed by atoms with van der Waals surface area (Å²) in [7, 11) is 0. The molecule has 3 N–H and O–H groups in total. The van der Waals surface area contributed by atoms with E-state index in [0.29, 0.717) is 23.4 Å². The average Bonchev–Trinajstić information content (AvgIpc) is 2.59. The van der Waals surface area contributed by atoms with Gasteiger partial charge in [0.25, 0.3) is 0 Å². The van der Waals surface area contributed by atoms with Crippen LogP contribution in [0.2, 0.25) is 0 Å². The van der Waals surface area contributed by atoms with Crippen molar-refractivity contribution in [2.75, 3.05) is 0 Å². The second-order valence-electron chi connectivity index (χ2n) is 5.49. The van der Waals surface area contributed by atoms with Crippen LogP contribution in [0.25, 0.3) is 5.70 Å². The zero-order valence-electron chi connectivity index (χ0n) is 14.1. The molecule has 1 aromatic heterocycles. The van der Waals surface area contributed by atoms with E-state index >= 15 is 0 Å². The fraction of sp³-hybridized carbons (Fsp3) is 0.222. The number of hydrogen-bond donors (Lipinski definition) is 3. The number of aldehydes is 1. The van der Waals surface area contributed by atoms with Crippen LogP contribution in [0.3, 0.4) is 0 Å². The number of aromatic hydroxyl groups is 1. The van der Waals surface area contributed by atoms with Crippen molar-refractivity contribution < 1.29 is 14.6 Å². The number of carbonyl (C=O) groups excluding carboxylic acids is 1. The number of benzene rings is 1. The Morgan fingerprint density at radius 2 is 2.12 bits per heavy atom. The molecule has 0 aliphatic carbocycles. The zero-order chi connectivity index (χ0) is 18.2. The van der Waals surface area contributed by atoms with Gasteiger partial charge in [-0.15, -0.1) is 0 Å². The van der Waals surface area contributed by atoms with Gasteiger partial charge in [0, 0.05) is 24.7 Å². The van der Waals surface area contributed by atoms with Crippen molar-refractivity contribution in [2.45, 2.75) is 26.5 Å². The summed E-state index contributed by atoms with van der Waals surface area (Å²) >= 11 is 0. The van der Waals surface area contributed by atoms with Crippen LogP contribution in [-0.2, 0) is 6.61 Å². The molecule has 0 unspecified atom stereocenters. The van der Waals surface area contributed by atoms with Gasteiger partial charge in [0.05, 0.1) is 11.3 Å². The lowest BCUT2D eigenvalue weighted by molar-refractivity contribution is 0.111. The Balaban J connectivity index is 2.30. The molecule has 2 aromatic rings. The Morgan fingerprint density at radius 1 is 1.36 bits per heavy atom. The number of phenolic OH excluding ortho intramolecular Hbond substituents is 1. The molecule has 1 aromatic carbocycles. The molecule has 0 bridgehead atoms. The number of rotatable bonds is 8. The first-order valence-corrected chi connectivity index (χ1v) is 7.74. The van der Waals surface area contributed by atoms with Crippen LogP contribution < -0.4 is 10.1 Å². The average molecular weight is 340 g/mol. The van der Waals surface area contributed by atoms with E-state index in [-0.39, 0.29) is 29.7 Å². The van der Waals surface area contributed by atoms with Crippen molar-refractivity contribution in [1.82, 2.24) is 15.3 Å². The van der Waals surface area contributed by atoms with Crippen LogP contribution in [0.1, 0.15) is 35.6 Å². The Kier molecular flexibility index (Phi) is 6.22. The number of aromatic nitrogens is 2. The summed E-state index contributed by atoms with van der Waals surface area (Å²) in [4.78, 5) is 19.7. The largest absolute Gasteiger partial charge is 0.507 e. The quantitative estimate of drug-likeness (QED) is 0.503. The highest BCUT2D eigenvalue weighted by atomic mass is 16.5. The second-order valence-corrected chi connectivity index (χ2v) is 5.49. The topological polar surface area (TPSA) is 108 Å². The molecule has 7 heteroatoms. The fourth-order valence-corrected chi connectivity index (χ4v) is 2.21. The second kappa shape index (κ2) is 8.58. The van der Waals surface area contributed by atoms with Gasteiger partial charge < -0.3 is 20.6 Å². The van der Waals surface area contributed by atoms with Crippen LogP contribution in [0.5, 0.6) is 11.5 Å². The molecule has 0 fully saturated rings. The van der Waals surface area contributed by atoms with Crippen LogP contribution in [0.4, 0.5) is 0 Å². The number of phenols is 1. The van der Waals surface area contributed by atoms with Gasteiger partial charge in [-0.05, 0) is 32.1 Å². The summed E-state index contributed by atoms with van der Waals surface area (Å²) in [6.07, 6.45) is 6.41. The molecule has 25 heavy (non-hydrogen) atoms. The maximum atomic E-state index is 11.1. The van der Waals surface area contributed by atoms with E-state index < -0.39 is 0 Å². The third kappa shape index (κ3) is 4.63.